The summed E-state index contributed by atoms with van der Waals surface area (Å²) in [5, 5.41) is 16.7. The molecule has 2 atom stereocenters. The number of benzene rings is 1. The number of para-hydroxylation sites is 1. The number of nitrogens with zero attached hydrogens (tertiary/aromatic N) is 2. The van der Waals surface area contributed by atoms with Crippen LogP contribution >= 0.6 is 0 Å². The average Bonchev–Trinajstić information content (AvgIpc) is 2.69. The number of fused-ring (bicyclic) bond motifs is 1. The van der Waals surface area contributed by atoms with Crippen LogP contribution in [0.15, 0.2) is 30.3 Å². The third-order valence-electron chi connectivity index (χ3n) is 5.63. The van der Waals surface area contributed by atoms with Crippen LogP contribution in [-0.4, -0.2) is 77.7 Å². The lowest BCUT2D eigenvalue weighted by molar-refractivity contribution is -0.165. The molecular weight excluding hydrogens is 364 g/mol. The fourth-order valence-electron chi connectivity index (χ4n) is 4.14. The van der Waals surface area contributed by atoms with Crippen LogP contribution < -0.4 is 4.74 Å². The molecule has 2 aliphatic heterocycles. The molecule has 0 spiro atoms. The number of hydrogen-bond donors (Lipinski definition) is 2. The Bertz CT molecular complexity index is 668. The van der Waals surface area contributed by atoms with Crippen LogP contribution in [0.25, 0.3) is 0 Å². The summed E-state index contributed by atoms with van der Waals surface area (Å²) in [5.74, 6) is 0.0725. The Morgan fingerprint density at radius 2 is 1.93 bits per heavy atom. The number of rotatable bonds is 5. The number of likely N-dealkylation sites (tertiary alicyclic amines) is 2. The van der Waals surface area contributed by atoms with Crippen LogP contribution in [0, 0.1) is 5.41 Å². The van der Waals surface area contributed by atoms with Gasteiger partial charge in [0.25, 0.3) is 6.47 Å². The van der Waals surface area contributed by atoms with Crippen molar-refractivity contribution in [2.75, 3.05) is 33.3 Å². The van der Waals surface area contributed by atoms with Gasteiger partial charge in [0.15, 0.2) is 0 Å². The van der Waals surface area contributed by atoms with E-state index in [2.05, 4.69) is 4.90 Å². The van der Waals surface area contributed by atoms with Gasteiger partial charge >= 0.3 is 5.97 Å². The predicted molar refractivity (Wildman–Crippen MR) is 102 cm³/mol. The Morgan fingerprint density at radius 3 is 2.57 bits per heavy atom. The van der Waals surface area contributed by atoms with E-state index < -0.39 is 11.4 Å². The molecule has 1 aromatic carbocycles. The first-order valence-electron chi connectivity index (χ1n) is 9.41. The number of piperidine rings is 2. The van der Waals surface area contributed by atoms with E-state index in [-0.39, 0.29) is 18.4 Å². The Labute approximate surface area is 164 Å². The highest BCUT2D eigenvalue weighted by Crippen LogP contribution is 2.42. The van der Waals surface area contributed by atoms with Gasteiger partial charge in [-0.15, -0.1) is 0 Å². The average molecular weight is 392 g/mol. The van der Waals surface area contributed by atoms with Crippen molar-refractivity contribution in [2.24, 2.45) is 5.41 Å². The summed E-state index contributed by atoms with van der Waals surface area (Å²) < 4.78 is 5.60. The zero-order valence-electron chi connectivity index (χ0n) is 16.1. The second kappa shape index (κ2) is 10.1. The molecule has 0 saturated carbocycles. The number of carbonyl (C=O) groups is 3. The molecule has 154 valence electrons. The first-order valence-corrected chi connectivity index (χ1v) is 9.41. The molecule has 0 unspecified atom stereocenters. The van der Waals surface area contributed by atoms with Crippen LogP contribution in [0.2, 0.25) is 0 Å². The monoisotopic (exact) mass is 392 g/mol. The van der Waals surface area contributed by atoms with E-state index in [9.17, 15) is 14.7 Å². The number of likely N-dealkylation sites (N-methyl/N-ethyl adjacent to an activating group) is 1. The zero-order valence-corrected chi connectivity index (χ0v) is 16.1. The maximum atomic E-state index is 12.5. The van der Waals surface area contributed by atoms with Gasteiger partial charge in [0, 0.05) is 19.1 Å². The second-order valence-electron chi connectivity index (χ2n) is 7.17. The van der Waals surface area contributed by atoms with Crippen molar-refractivity contribution in [3.63, 3.8) is 0 Å². The summed E-state index contributed by atoms with van der Waals surface area (Å²) in [4.78, 5) is 36.7. The van der Waals surface area contributed by atoms with Crippen LogP contribution in [0.5, 0.6) is 5.75 Å². The first kappa shape index (κ1) is 21.7. The summed E-state index contributed by atoms with van der Waals surface area (Å²) >= 11 is 0. The minimum absolute atomic E-state index is 0.0360. The topological polar surface area (TPSA) is 107 Å². The van der Waals surface area contributed by atoms with Gasteiger partial charge in [-0.2, -0.15) is 0 Å². The normalized spacial score (nSPS) is 24.3. The minimum atomic E-state index is -0.719. The van der Waals surface area contributed by atoms with Gasteiger partial charge in [-0.25, -0.2) is 0 Å². The van der Waals surface area contributed by atoms with E-state index >= 15 is 0 Å². The van der Waals surface area contributed by atoms with Gasteiger partial charge in [0.1, 0.15) is 5.75 Å². The molecule has 0 aliphatic carbocycles. The number of carbonyl (C=O) groups excluding carboxylic acids is 1. The number of carboxylic acid groups (broad SMARTS) is 2. The Balaban J connectivity index is 0.000000878. The van der Waals surface area contributed by atoms with Crippen molar-refractivity contribution in [1.29, 1.82) is 0 Å². The van der Waals surface area contributed by atoms with Gasteiger partial charge in [-0.05, 0) is 45.0 Å². The third-order valence-corrected chi connectivity index (χ3v) is 5.63. The maximum Gasteiger partial charge on any atom is 0.311 e. The lowest BCUT2D eigenvalue weighted by Gasteiger charge is -2.51. The van der Waals surface area contributed by atoms with Crippen molar-refractivity contribution >= 4 is 18.3 Å². The summed E-state index contributed by atoms with van der Waals surface area (Å²) in [6, 6.07) is 9.33. The smallest absolute Gasteiger partial charge is 0.311 e. The summed E-state index contributed by atoms with van der Waals surface area (Å²) in [5.41, 5.74) is -0.704. The molecule has 2 N–H and O–H groups in total. The van der Waals surface area contributed by atoms with E-state index in [1.165, 1.54) is 0 Å². The van der Waals surface area contributed by atoms with Crippen LogP contribution in [-0.2, 0) is 14.4 Å². The number of amides is 1. The van der Waals surface area contributed by atoms with Crippen LogP contribution in [0.1, 0.15) is 25.7 Å². The minimum Gasteiger partial charge on any atom is -0.493 e. The van der Waals surface area contributed by atoms with Gasteiger partial charge in [-0.3, -0.25) is 14.4 Å². The second-order valence-corrected chi connectivity index (χ2v) is 7.17. The first-order chi connectivity index (χ1) is 13.4. The molecule has 28 heavy (non-hydrogen) atoms. The van der Waals surface area contributed by atoms with Crippen molar-refractivity contribution in [3.8, 4) is 5.75 Å². The maximum absolute atomic E-state index is 12.5. The summed E-state index contributed by atoms with van der Waals surface area (Å²) in [6.07, 6.45) is 2.45. The van der Waals surface area contributed by atoms with Crippen molar-refractivity contribution in [1.82, 2.24) is 9.80 Å². The quantitative estimate of drug-likeness (QED) is 0.732. The molecule has 0 aromatic heterocycles. The van der Waals surface area contributed by atoms with Gasteiger partial charge in [-0.1, -0.05) is 18.2 Å². The fraction of sp³-hybridized carbons (Fsp3) is 0.550. The molecule has 8 nitrogen and oxygen atoms in total. The summed E-state index contributed by atoms with van der Waals surface area (Å²) in [6.45, 7) is 1.98. The third kappa shape index (κ3) is 5.01. The Hall–Kier alpha value is -2.61. The van der Waals surface area contributed by atoms with Crippen molar-refractivity contribution in [3.05, 3.63) is 30.3 Å². The fourth-order valence-corrected chi connectivity index (χ4v) is 4.14. The standard InChI is InChI=1S/C19H26N2O4.CH2O2/c1-20-11-5-9-19(18(23)24)10-12-21(14-16(19)20)17(22)8-13-25-15-6-3-2-4-7-15;2-1-3/h2-4,6-7,16H,5,8-14H2,1H3,(H,23,24);1H,(H,2,3)/t16-,19+;/m1./s1. The molecule has 3 rings (SSSR count). The number of aliphatic carboxylic acids is 1. The van der Waals surface area contributed by atoms with Crippen molar-refractivity contribution < 1.29 is 29.3 Å². The molecule has 8 heteroatoms. The Kier molecular flexibility index (Phi) is 7.80. The van der Waals surface area contributed by atoms with Gasteiger partial charge in [0.05, 0.1) is 18.4 Å². The van der Waals surface area contributed by atoms with Crippen LogP contribution in [0.4, 0.5) is 0 Å². The predicted octanol–water partition coefficient (Wildman–Crippen LogP) is 1.55. The SMILES string of the molecule is CN1CCC[C@]2(C(=O)O)CCN(C(=O)CCOc3ccccc3)C[C@@H]12.O=CO. The largest absolute Gasteiger partial charge is 0.493 e. The Morgan fingerprint density at radius 1 is 1.25 bits per heavy atom. The molecule has 1 amide bonds. The highest BCUT2D eigenvalue weighted by molar-refractivity contribution is 5.79. The van der Waals surface area contributed by atoms with E-state index in [1.54, 1.807) is 0 Å². The van der Waals surface area contributed by atoms with Crippen molar-refractivity contribution in [2.45, 2.75) is 31.7 Å². The molecule has 1 aromatic rings. The van der Waals surface area contributed by atoms with E-state index in [0.717, 1.165) is 18.7 Å². The van der Waals surface area contributed by atoms with Crippen LogP contribution in [0.3, 0.4) is 0 Å². The molecule has 2 saturated heterocycles. The van der Waals surface area contributed by atoms with Gasteiger partial charge < -0.3 is 24.7 Å². The van der Waals surface area contributed by atoms with E-state index in [0.29, 0.717) is 39.0 Å². The molecule has 2 heterocycles. The highest BCUT2D eigenvalue weighted by atomic mass is 16.5. The van der Waals surface area contributed by atoms with Gasteiger partial charge in [0.2, 0.25) is 5.91 Å². The number of hydrogen-bond acceptors (Lipinski definition) is 5. The highest BCUT2D eigenvalue weighted by Gasteiger charge is 2.52. The lowest BCUT2D eigenvalue weighted by Crippen LogP contribution is -2.63. The number of ether oxygens (including phenoxy) is 1. The zero-order chi connectivity index (χ0) is 20.6. The molecule has 0 bridgehead atoms. The summed E-state index contributed by atoms with van der Waals surface area (Å²) in [7, 11) is 1.97. The van der Waals surface area contributed by atoms with E-state index in [4.69, 9.17) is 14.6 Å². The molecule has 2 fully saturated rings. The molecule has 0 radical (unpaired) electrons. The van der Waals surface area contributed by atoms with E-state index in [1.807, 2.05) is 42.3 Å². The molecular formula is C20H28N2O6. The molecule has 2 aliphatic rings. The lowest BCUT2D eigenvalue weighted by atomic mass is 9.68. The number of carboxylic acids is 1.